The molecule has 0 amide bonds. The number of aliphatic hydroxyl groups excluding tert-OH is 1. The maximum absolute atomic E-state index is 10.5. The number of ether oxygens (including phenoxy) is 1. The lowest BCUT2D eigenvalue weighted by molar-refractivity contribution is 0.219. The van der Waals surface area contributed by atoms with E-state index < -0.39 is 6.10 Å². The summed E-state index contributed by atoms with van der Waals surface area (Å²) >= 11 is 1.54. The largest absolute Gasteiger partial charge is 0.495 e. The molecule has 1 aliphatic rings. The molecule has 1 unspecified atom stereocenters. The van der Waals surface area contributed by atoms with Crippen molar-refractivity contribution in [1.29, 1.82) is 0 Å². The third-order valence-electron chi connectivity index (χ3n) is 3.81. The van der Waals surface area contributed by atoms with E-state index in [1.807, 2.05) is 17.5 Å². The fourth-order valence-corrected chi connectivity index (χ4v) is 3.62. The smallest absolute Gasteiger partial charge is 0.135 e. The predicted octanol–water partition coefficient (Wildman–Crippen LogP) is 3.72. The molecule has 3 rings (SSSR count). The minimum Gasteiger partial charge on any atom is -0.495 e. The van der Waals surface area contributed by atoms with Crippen LogP contribution in [0.2, 0.25) is 0 Å². The summed E-state index contributed by atoms with van der Waals surface area (Å²) in [5, 5.41) is 12.5. The molecule has 1 aromatic heterocycles. The predicted molar refractivity (Wildman–Crippen MR) is 78.0 cm³/mol. The summed E-state index contributed by atoms with van der Waals surface area (Å²) in [6.45, 7) is 0. The van der Waals surface area contributed by atoms with E-state index in [0.717, 1.165) is 22.6 Å². The number of benzene rings is 1. The summed E-state index contributed by atoms with van der Waals surface area (Å²) in [6, 6.07) is 8.29. The molecule has 1 N–H and O–H groups in total. The summed E-state index contributed by atoms with van der Waals surface area (Å²) in [7, 11) is 1.64. The van der Waals surface area contributed by atoms with Gasteiger partial charge in [-0.15, -0.1) is 11.3 Å². The van der Waals surface area contributed by atoms with Gasteiger partial charge in [0.15, 0.2) is 0 Å². The van der Waals surface area contributed by atoms with Crippen molar-refractivity contribution in [3.63, 3.8) is 0 Å². The minimum absolute atomic E-state index is 0.581. The standard InChI is InChI=1S/C16H18O2S/c1-18-14-8-9-19-16(14)15(17)13-7-6-11-4-2-3-5-12(11)10-13/h6-10,15,17H,2-5H2,1H3. The van der Waals surface area contributed by atoms with E-state index in [-0.39, 0.29) is 0 Å². The molecule has 0 saturated heterocycles. The summed E-state index contributed by atoms with van der Waals surface area (Å²) in [5.41, 5.74) is 3.82. The Morgan fingerprint density at radius 2 is 1.95 bits per heavy atom. The van der Waals surface area contributed by atoms with Crippen molar-refractivity contribution in [2.24, 2.45) is 0 Å². The lowest BCUT2D eigenvalue weighted by Crippen LogP contribution is -2.06. The monoisotopic (exact) mass is 274 g/mol. The second-order valence-electron chi connectivity index (χ2n) is 4.99. The summed E-state index contributed by atoms with van der Waals surface area (Å²) in [6.07, 6.45) is 4.27. The van der Waals surface area contributed by atoms with Crippen molar-refractivity contribution in [2.45, 2.75) is 31.8 Å². The van der Waals surface area contributed by atoms with Crippen molar-refractivity contribution >= 4 is 11.3 Å². The Labute approximate surface area is 117 Å². The topological polar surface area (TPSA) is 29.5 Å². The van der Waals surface area contributed by atoms with Gasteiger partial charge in [0.1, 0.15) is 11.9 Å². The van der Waals surface area contributed by atoms with Gasteiger partial charge in [-0.2, -0.15) is 0 Å². The van der Waals surface area contributed by atoms with Gasteiger partial charge < -0.3 is 9.84 Å². The normalized spacial score (nSPS) is 15.9. The molecule has 100 valence electrons. The average Bonchev–Trinajstić information content (AvgIpc) is 2.94. The molecule has 0 aliphatic heterocycles. The summed E-state index contributed by atoms with van der Waals surface area (Å²) < 4.78 is 5.29. The number of aliphatic hydroxyl groups is 1. The van der Waals surface area contributed by atoms with Crippen molar-refractivity contribution in [2.75, 3.05) is 7.11 Å². The molecule has 0 radical (unpaired) electrons. The maximum Gasteiger partial charge on any atom is 0.135 e. The van der Waals surface area contributed by atoms with Gasteiger partial charge in [-0.3, -0.25) is 0 Å². The molecule has 2 nitrogen and oxygen atoms in total. The molecular weight excluding hydrogens is 256 g/mol. The van der Waals surface area contributed by atoms with E-state index in [1.54, 1.807) is 7.11 Å². The maximum atomic E-state index is 10.5. The number of rotatable bonds is 3. The van der Waals surface area contributed by atoms with Crippen LogP contribution in [0.3, 0.4) is 0 Å². The Morgan fingerprint density at radius 3 is 2.74 bits per heavy atom. The van der Waals surface area contributed by atoms with Gasteiger partial charge in [-0.25, -0.2) is 0 Å². The SMILES string of the molecule is COc1ccsc1C(O)c1ccc2c(c1)CCCC2. The van der Waals surface area contributed by atoms with Gasteiger partial charge in [-0.05, 0) is 53.8 Å². The highest BCUT2D eigenvalue weighted by Gasteiger charge is 2.19. The van der Waals surface area contributed by atoms with Gasteiger partial charge in [0.05, 0.1) is 12.0 Å². The van der Waals surface area contributed by atoms with Gasteiger partial charge in [0.2, 0.25) is 0 Å². The van der Waals surface area contributed by atoms with E-state index in [0.29, 0.717) is 0 Å². The van der Waals surface area contributed by atoms with Gasteiger partial charge >= 0.3 is 0 Å². The molecule has 3 heteroatoms. The Hall–Kier alpha value is -1.32. The third-order valence-corrected chi connectivity index (χ3v) is 4.76. The number of methoxy groups -OCH3 is 1. The Kier molecular flexibility index (Phi) is 3.58. The lowest BCUT2D eigenvalue weighted by atomic mass is 9.89. The van der Waals surface area contributed by atoms with Crippen LogP contribution in [0, 0.1) is 0 Å². The van der Waals surface area contributed by atoms with Crippen LogP contribution in [0.5, 0.6) is 5.75 Å². The molecule has 1 aromatic carbocycles. The Bertz CT molecular complexity index is 574. The van der Waals surface area contributed by atoms with Crippen LogP contribution < -0.4 is 4.74 Å². The van der Waals surface area contributed by atoms with Crippen LogP contribution in [0.4, 0.5) is 0 Å². The van der Waals surface area contributed by atoms with Crippen LogP contribution in [-0.2, 0) is 12.8 Å². The molecule has 0 bridgehead atoms. The Morgan fingerprint density at radius 1 is 1.16 bits per heavy atom. The zero-order chi connectivity index (χ0) is 13.2. The lowest BCUT2D eigenvalue weighted by Gasteiger charge is -2.18. The summed E-state index contributed by atoms with van der Waals surface area (Å²) in [5.74, 6) is 0.773. The minimum atomic E-state index is -0.581. The van der Waals surface area contributed by atoms with Crippen LogP contribution in [0.15, 0.2) is 29.6 Å². The number of aryl methyl sites for hydroxylation is 2. The van der Waals surface area contributed by atoms with Crippen molar-refractivity contribution in [1.82, 2.24) is 0 Å². The zero-order valence-corrected chi connectivity index (χ0v) is 11.9. The number of thiophene rings is 1. The molecule has 1 heterocycles. The second kappa shape index (κ2) is 5.35. The Balaban J connectivity index is 1.93. The van der Waals surface area contributed by atoms with E-state index >= 15 is 0 Å². The van der Waals surface area contributed by atoms with Crippen LogP contribution in [0.1, 0.15) is 40.5 Å². The van der Waals surface area contributed by atoms with Gasteiger partial charge in [0, 0.05) is 0 Å². The number of hydrogen-bond acceptors (Lipinski definition) is 3. The fourth-order valence-electron chi connectivity index (χ4n) is 2.75. The molecule has 1 atom stereocenters. The highest BCUT2D eigenvalue weighted by molar-refractivity contribution is 7.10. The van der Waals surface area contributed by atoms with Crippen LogP contribution in [0.25, 0.3) is 0 Å². The van der Waals surface area contributed by atoms with Gasteiger partial charge in [0.25, 0.3) is 0 Å². The first-order valence-corrected chi connectivity index (χ1v) is 7.58. The highest BCUT2D eigenvalue weighted by Crippen LogP contribution is 2.35. The molecule has 19 heavy (non-hydrogen) atoms. The molecule has 2 aromatic rings. The molecule has 1 aliphatic carbocycles. The van der Waals surface area contributed by atoms with Crippen LogP contribution in [-0.4, -0.2) is 12.2 Å². The van der Waals surface area contributed by atoms with Crippen LogP contribution >= 0.6 is 11.3 Å². The number of hydrogen-bond donors (Lipinski definition) is 1. The first-order valence-electron chi connectivity index (χ1n) is 6.70. The third kappa shape index (κ3) is 2.40. The molecular formula is C16H18O2S. The van der Waals surface area contributed by atoms with E-state index in [2.05, 4.69) is 12.1 Å². The molecule has 0 fully saturated rings. The van der Waals surface area contributed by atoms with Crippen molar-refractivity contribution in [3.8, 4) is 5.75 Å². The van der Waals surface area contributed by atoms with Gasteiger partial charge in [-0.1, -0.05) is 18.2 Å². The first-order chi connectivity index (χ1) is 9.29. The average molecular weight is 274 g/mol. The van der Waals surface area contributed by atoms with E-state index in [9.17, 15) is 5.11 Å². The molecule has 0 saturated carbocycles. The quantitative estimate of drug-likeness (QED) is 0.924. The van der Waals surface area contributed by atoms with E-state index in [1.165, 1.54) is 41.7 Å². The second-order valence-corrected chi connectivity index (χ2v) is 5.94. The van der Waals surface area contributed by atoms with Crippen molar-refractivity contribution in [3.05, 3.63) is 51.2 Å². The van der Waals surface area contributed by atoms with E-state index in [4.69, 9.17) is 4.74 Å². The van der Waals surface area contributed by atoms with Crippen molar-refractivity contribution < 1.29 is 9.84 Å². The zero-order valence-electron chi connectivity index (χ0n) is 11.1. The first kappa shape index (κ1) is 12.7. The summed E-state index contributed by atoms with van der Waals surface area (Å²) in [4.78, 5) is 0.887. The fraction of sp³-hybridized carbons (Fsp3) is 0.375. The molecule has 0 spiro atoms. The highest BCUT2D eigenvalue weighted by atomic mass is 32.1. The number of fused-ring (bicyclic) bond motifs is 1.